The molecule has 298 valence electrons. The van der Waals surface area contributed by atoms with Gasteiger partial charge < -0.3 is 5.11 Å². The molecule has 3 atom stereocenters. The highest BCUT2D eigenvalue weighted by Crippen LogP contribution is 2.68. The first kappa shape index (κ1) is 39.1. The van der Waals surface area contributed by atoms with Crippen LogP contribution in [-0.4, -0.2) is 55.7 Å². The SMILES string of the molecule is Cn1nc(CS(C)(=O)=O)c2c(Cl)ccc(-c3ccc(C#CC4(O)CCC4)nc3[C@@H](CC(=O)Cn3nc(C(F)F)c4c3C(F)(F)[C@@H]3C[C@H]43)Cc3cc(F)cc(F)c3)c21. The number of alkyl halides is 4. The predicted molar refractivity (Wildman–Crippen MR) is 198 cm³/mol. The van der Waals surface area contributed by atoms with E-state index in [1.54, 1.807) is 31.3 Å². The zero-order valence-corrected chi connectivity index (χ0v) is 32.0. The highest BCUT2D eigenvalue weighted by Gasteiger charge is 2.67. The molecule has 17 heteroatoms. The van der Waals surface area contributed by atoms with Gasteiger partial charge in [0.05, 0.1) is 27.7 Å². The molecule has 2 saturated carbocycles. The molecule has 57 heavy (non-hydrogen) atoms. The number of benzene rings is 2. The van der Waals surface area contributed by atoms with Crippen LogP contribution in [0.15, 0.2) is 42.5 Å². The van der Waals surface area contributed by atoms with Gasteiger partial charge in [-0.15, -0.1) is 0 Å². The number of halogens is 7. The van der Waals surface area contributed by atoms with Gasteiger partial charge in [0, 0.05) is 59.7 Å². The summed E-state index contributed by atoms with van der Waals surface area (Å²) in [5.74, 6) is -3.60. The summed E-state index contributed by atoms with van der Waals surface area (Å²) in [6.07, 6.45) is -1.04. The Morgan fingerprint density at radius 1 is 1.05 bits per heavy atom. The molecule has 3 aliphatic rings. The summed E-state index contributed by atoms with van der Waals surface area (Å²) in [6.45, 7) is -0.790. The van der Waals surface area contributed by atoms with E-state index in [2.05, 4.69) is 22.0 Å². The number of nitrogens with zero attached hydrogens (tertiary/aromatic N) is 5. The number of rotatable bonds is 11. The zero-order valence-electron chi connectivity index (χ0n) is 30.5. The molecule has 2 fully saturated rings. The molecule has 0 spiro atoms. The number of aliphatic hydroxyl groups is 1. The molecule has 3 heterocycles. The molecule has 2 aromatic carbocycles. The fraction of sp³-hybridized carbons (Fsp3) is 0.400. The Hall–Kier alpha value is -4.72. The van der Waals surface area contributed by atoms with Crippen molar-refractivity contribution >= 4 is 38.1 Å². The van der Waals surface area contributed by atoms with E-state index in [-0.39, 0.29) is 46.1 Å². The van der Waals surface area contributed by atoms with E-state index >= 15 is 8.78 Å². The van der Waals surface area contributed by atoms with Crippen LogP contribution in [-0.2, 0) is 46.3 Å². The van der Waals surface area contributed by atoms with Crippen LogP contribution >= 0.6 is 11.6 Å². The molecule has 0 unspecified atom stereocenters. The van der Waals surface area contributed by atoms with Crippen LogP contribution in [0.25, 0.3) is 22.0 Å². The van der Waals surface area contributed by atoms with Crippen LogP contribution in [0.3, 0.4) is 0 Å². The van der Waals surface area contributed by atoms with Crippen molar-refractivity contribution in [2.75, 3.05) is 6.26 Å². The van der Waals surface area contributed by atoms with Crippen LogP contribution in [0, 0.1) is 29.4 Å². The maximum Gasteiger partial charge on any atom is 0.293 e. The van der Waals surface area contributed by atoms with Crippen LogP contribution in [0.1, 0.15) is 90.0 Å². The quantitative estimate of drug-likeness (QED) is 0.107. The van der Waals surface area contributed by atoms with Gasteiger partial charge in [-0.25, -0.2) is 31.0 Å². The second-order valence-corrected chi connectivity index (χ2v) is 17.9. The number of Topliss-reactive ketones (excluding diaryl/α,β-unsaturated/α-hetero) is 1. The normalized spacial score (nSPS) is 19.5. The van der Waals surface area contributed by atoms with Gasteiger partial charge in [-0.3, -0.25) is 14.2 Å². The molecular formula is C40H34ClF6N5O4S. The van der Waals surface area contributed by atoms with Gasteiger partial charge in [0.15, 0.2) is 15.6 Å². The smallest absolute Gasteiger partial charge is 0.293 e. The fourth-order valence-electron chi connectivity index (χ4n) is 8.29. The molecular weight excluding hydrogens is 796 g/mol. The van der Waals surface area contributed by atoms with Crippen LogP contribution in [0.5, 0.6) is 0 Å². The largest absolute Gasteiger partial charge is 0.378 e. The number of aromatic nitrogens is 5. The Labute approximate surface area is 328 Å². The summed E-state index contributed by atoms with van der Waals surface area (Å²) in [5, 5.41) is 19.5. The van der Waals surface area contributed by atoms with E-state index in [0.717, 1.165) is 24.8 Å². The molecule has 1 N–H and O–H groups in total. The number of hydrogen-bond donors (Lipinski definition) is 1. The summed E-state index contributed by atoms with van der Waals surface area (Å²) in [7, 11) is -1.98. The highest BCUT2D eigenvalue weighted by molar-refractivity contribution is 7.89. The van der Waals surface area contributed by atoms with Gasteiger partial charge in [0.2, 0.25) is 0 Å². The number of pyridine rings is 1. The standard InChI is InChI=1S/C40H34ClF6N5O4S/c1-51-36-27(6-7-30(41)33(36)31(49-51)19-57(2,55)56)26-5-4-24(8-11-39(54)9-3-10-39)48-34(26)21(12-20-13-22(42)16-23(43)14-20)15-25(53)18-52-37-32(35(50-52)38(44)45)28-17-29(28)40(37,46)47/h4-7,13-14,16,21,28-29,38,54H,3,9-10,12,15,17-19H2,1-2H3/t21-,28+,29-/m1/s1. The summed E-state index contributed by atoms with van der Waals surface area (Å²) < 4.78 is 115. The van der Waals surface area contributed by atoms with Crippen molar-refractivity contribution in [2.24, 2.45) is 13.0 Å². The van der Waals surface area contributed by atoms with Gasteiger partial charge in [0.1, 0.15) is 40.9 Å². The Morgan fingerprint density at radius 3 is 2.40 bits per heavy atom. The van der Waals surface area contributed by atoms with Crippen molar-refractivity contribution in [3.8, 4) is 23.0 Å². The summed E-state index contributed by atoms with van der Waals surface area (Å²) in [4.78, 5) is 18.9. The topological polar surface area (TPSA) is 120 Å². The Morgan fingerprint density at radius 2 is 1.75 bits per heavy atom. The van der Waals surface area contributed by atoms with Gasteiger partial charge in [-0.2, -0.15) is 19.0 Å². The first-order valence-electron chi connectivity index (χ1n) is 18.1. The minimum Gasteiger partial charge on any atom is -0.378 e. The second-order valence-electron chi connectivity index (χ2n) is 15.3. The van der Waals surface area contributed by atoms with Crippen molar-refractivity contribution in [2.45, 2.75) is 80.6 Å². The molecule has 3 aliphatic carbocycles. The number of carbonyl (C=O) groups excluding carboxylic acids is 1. The average Bonchev–Trinajstić information content (AvgIpc) is 3.65. The number of aryl methyl sites for hydroxylation is 1. The molecule has 9 nitrogen and oxygen atoms in total. The minimum atomic E-state index is -3.57. The van der Waals surface area contributed by atoms with E-state index in [1.807, 2.05) is 0 Å². The molecule has 3 aromatic heterocycles. The molecule has 0 aliphatic heterocycles. The van der Waals surface area contributed by atoms with E-state index in [9.17, 15) is 35.9 Å². The Balaban J connectivity index is 1.27. The zero-order chi connectivity index (χ0) is 40.8. The van der Waals surface area contributed by atoms with Crippen molar-refractivity contribution in [1.82, 2.24) is 24.5 Å². The molecule has 0 bridgehead atoms. The summed E-state index contributed by atoms with van der Waals surface area (Å²) in [6, 6.07) is 9.26. The predicted octanol–water partition coefficient (Wildman–Crippen LogP) is 7.71. The van der Waals surface area contributed by atoms with Crippen LogP contribution in [0.2, 0.25) is 5.02 Å². The molecule has 0 saturated heterocycles. The second kappa shape index (κ2) is 14.0. The first-order valence-corrected chi connectivity index (χ1v) is 20.6. The lowest BCUT2D eigenvalue weighted by molar-refractivity contribution is -0.120. The lowest BCUT2D eigenvalue weighted by Gasteiger charge is -2.30. The Kier molecular flexibility index (Phi) is 9.60. The highest BCUT2D eigenvalue weighted by atomic mass is 35.5. The third-order valence-corrected chi connectivity index (χ3v) is 12.1. The molecule has 5 aromatic rings. The number of sulfone groups is 1. The maximum atomic E-state index is 15.4. The third kappa shape index (κ3) is 7.34. The van der Waals surface area contributed by atoms with E-state index in [4.69, 9.17) is 16.6 Å². The first-order chi connectivity index (χ1) is 26.8. The van der Waals surface area contributed by atoms with Crippen molar-refractivity contribution in [3.63, 3.8) is 0 Å². The third-order valence-electron chi connectivity index (χ3n) is 11.0. The molecule has 8 rings (SSSR count). The fourth-order valence-corrected chi connectivity index (χ4v) is 9.25. The van der Waals surface area contributed by atoms with E-state index < -0.39 is 93.1 Å². The minimum absolute atomic E-state index is 0.0427. The lowest BCUT2D eigenvalue weighted by atomic mass is 9.81. The number of ketones is 1. The van der Waals surface area contributed by atoms with Gasteiger partial charge in [0.25, 0.3) is 12.3 Å². The van der Waals surface area contributed by atoms with Gasteiger partial charge in [-0.1, -0.05) is 23.6 Å². The lowest BCUT2D eigenvalue weighted by Crippen LogP contribution is -2.34. The van der Waals surface area contributed by atoms with Crippen molar-refractivity contribution in [1.29, 1.82) is 0 Å². The van der Waals surface area contributed by atoms with Crippen molar-refractivity contribution < 1.29 is 44.7 Å². The maximum absolute atomic E-state index is 15.4. The Bertz CT molecular complexity index is 2640. The number of hydrogen-bond acceptors (Lipinski definition) is 7. The monoisotopic (exact) mass is 829 g/mol. The average molecular weight is 830 g/mol. The van der Waals surface area contributed by atoms with Gasteiger partial charge in [-0.05, 0) is 79.8 Å². The van der Waals surface area contributed by atoms with Crippen molar-refractivity contribution in [3.05, 3.63) is 98.7 Å². The molecule has 0 amide bonds. The number of carbonyl (C=O) groups is 1. The van der Waals surface area contributed by atoms with E-state index in [1.165, 1.54) is 4.68 Å². The van der Waals surface area contributed by atoms with E-state index in [0.29, 0.717) is 45.6 Å². The van der Waals surface area contributed by atoms with Gasteiger partial charge >= 0.3 is 0 Å². The van der Waals surface area contributed by atoms with Crippen LogP contribution in [0.4, 0.5) is 26.3 Å². The number of fused-ring (bicyclic) bond motifs is 4. The molecule has 0 radical (unpaired) electrons. The summed E-state index contributed by atoms with van der Waals surface area (Å²) >= 11 is 6.64. The van der Waals surface area contributed by atoms with Crippen LogP contribution < -0.4 is 0 Å². The summed E-state index contributed by atoms with van der Waals surface area (Å²) in [5.41, 5.74) is -1.04.